The Kier molecular flexibility index (Phi) is 13.9. The largest absolute Gasteiger partial charge is 0.423 e. The van der Waals surface area contributed by atoms with E-state index in [2.05, 4.69) is 171 Å². The standard InChI is InChI=1S/C83H63N3O6/c1-50-14-8-20-68-74(50)75-51(2)15-9-21-69(75)84(68)62-38-26-56(27-39-62)80(87)90-65-44-32-59(33-45-65)83(7,60-34-46-66(47-35-60)91-81(88)57-28-40-63(41-29-57)85-70-22-10-16-52(3)76(70)77-53(4)17-11-23-71(77)85)61-36-48-67(49-37-61)92-82(89)58-30-42-64(43-31-58)86-72-24-12-18-54(5)78(72)79-55(6)19-13-25-73(79)86/h8-49H,1-7H3. The van der Waals surface area contributed by atoms with Crippen LogP contribution >= 0.6 is 0 Å². The third kappa shape index (κ3) is 9.51. The smallest absolute Gasteiger partial charge is 0.343 e. The van der Waals surface area contributed by atoms with E-state index in [1.807, 2.05) is 109 Å². The van der Waals surface area contributed by atoms with Gasteiger partial charge >= 0.3 is 17.9 Å². The van der Waals surface area contributed by atoms with Gasteiger partial charge in [0.1, 0.15) is 17.2 Å². The van der Waals surface area contributed by atoms with Crippen molar-refractivity contribution in [2.45, 2.75) is 53.9 Å². The van der Waals surface area contributed by atoms with Crippen LogP contribution in [-0.4, -0.2) is 31.6 Å². The molecule has 15 aromatic rings. The minimum Gasteiger partial charge on any atom is -0.423 e. The highest BCUT2D eigenvalue weighted by atomic mass is 16.5. The summed E-state index contributed by atoms with van der Waals surface area (Å²) in [6, 6.07) is 83.4. The Morgan fingerprint density at radius 2 is 0.457 bits per heavy atom. The molecular formula is C83H63N3O6. The summed E-state index contributed by atoms with van der Waals surface area (Å²) in [4.78, 5) is 41.7. The number of hydrogen-bond acceptors (Lipinski definition) is 6. The Bertz CT molecular complexity index is 4740. The molecule has 0 spiro atoms. The number of hydrogen-bond donors (Lipinski definition) is 0. The molecule has 15 rings (SSSR count). The maximum Gasteiger partial charge on any atom is 0.343 e. The van der Waals surface area contributed by atoms with Crippen molar-refractivity contribution >= 4 is 83.3 Å². The topological polar surface area (TPSA) is 93.7 Å². The van der Waals surface area contributed by atoms with E-state index >= 15 is 0 Å². The van der Waals surface area contributed by atoms with Gasteiger partial charge in [-0.3, -0.25) is 0 Å². The highest BCUT2D eigenvalue weighted by molar-refractivity contribution is 6.14. The maximum atomic E-state index is 13.9. The van der Waals surface area contributed by atoms with Gasteiger partial charge in [-0.2, -0.15) is 0 Å². The van der Waals surface area contributed by atoms with Crippen LogP contribution in [0.25, 0.3) is 82.5 Å². The van der Waals surface area contributed by atoms with E-state index in [1.165, 1.54) is 65.7 Å². The molecule has 0 aliphatic heterocycles. The van der Waals surface area contributed by atoms with E-state index in [-0.39, 0.29) is 0 Å². The van der Waals surface area contributed by atoms with Crippen molar-refractivity contribution in [3.63, 3.8) is 0 Å². The van der Waals surface area contributed by atoms with Gasteiger partial charge in [0.15, 0.2) is 0 Å². The number of nitrogens with zero attached hydrogens (tertiary/aromatic N) is 3. The van der Waals surface area contributed by atoms with E-state index < -0.39 is 23.3 Å². The molecule has 0 atom stereocenters. The molecule has 0 saturated carbocycles. The highest BCUT2D eigenvalue weighted by Gasteiger charge is 2.32. The quantitative estimate of drug-likeness (QED) is 0.0687. The molecule has 0 N–H and O–H groups in total. The van der Waals surface area contributed by atoms with Crippen LogP contribution < -0.4 is 14.2 Å². The van der Waals surface area contributed by atoms with Gasteiger partial charge in [-0.25, -0.2) is 14.4 Å². The van der Waals surface area contributed by atoms with Crippen molar-refractivity contribution in [3.8, 4) is 34.3 Å². The molecule has 0 unspecified atom stereocenters. The SMILES string of the molecule is Cc1cccc2c1c1c(C)cccc1n2-c1ccc(C(=O)Oc2ccc(C(C)(c3ccc(OC(=O)c4ccc(-n5c6cccc(C)c6c6c(C)cccc65)cc4)cc3)c3ccc(OC(=O)c4ccc(-n5c6cccc(C)c6c6c(C)cccc65)cc4)cc3)cc2)cc1. The normalized spacial score (nSPS) is 11.8. The summed E-state index contributed by atoms with van der Waals surface area (Å²) in [5, 5.41) is 7.33. The van der Waals surface area contributed by atoms with Crippen LogP contribution in [0.1, 0.15) is 88.1 Å². The Morgan fingerprint density at radius 3 is 0.652 bits per heavy atom. The minimum absolute atomic E-state index is 0.379. The number of benzene rings is 12. The molecule has 446 valence electrons. The monoisotopic (exact) mass is 1200 g/mol. The summed E-state index contributed by atoms with van der Waals surface area (Å²) in [5.74, 6) is -0.307. The molecule has 0 saturated heterocycles. The second-order valence-electron chi connectivity index (χ2n) is 24.3. The average molecular weight is 1200 g/mol. The summed E-state index contributed by atoms with van der Waals surface area (Å²) in [6.07, 6.45) is 0. The van der Waals surface area contributed by atoms with Gasteiger partial charge in [0.25, 0.3) is 0 Å². The summed E-state index contributed by atoms with van der Waals surface area (Å²) in [5.41, 5.74) is 19.8. The summed E-state index contributed by atoms with van der Waals surface area (Å²) >= 11 is 0. The number of fused-ring (bicyclic) bond motifs is 9. The fraction of sp³-hybridized carbons (Fsp3) is 0.0964. The number of aromatic nitrogens is 3. The Hall–Kier alpha value is -11.6. The van der Waals surface area contributed by atoms with E-state index in [9.17, 15) is 14.4 Å². The van der Waals surface area contributed by atoms with E-state index in [0.717, 1.165) is 66.9 Å². The first-order valence-electron chi connectivity index (χ1n) is 31.0. The Labute approximate surface area is 532 Å². The molecular weight excluding hydrogens is 1130 g/mol. The molecule has 0 radical (unpaired) electrons. The molecule has 9 heteroatoms. The molecule has 3 heterocycles. The van der Waals surface area contributed by atoms with Gasteiger partial charge in [-0.05, 0) is 244 Å². The van der Waals surface area contributed by atoms with E-state index in [0.29, 0.717) is 33.9 Å². The number of aryl methyl sites for hydroxylation is 6. The lowest BCUT2D eigenvalue weighted by atomic mass is 9.71. The van der Waals surface area contributed by atoms with Gasteiger partial charge < -0.3 is 27.9 Å². The van der Waals surface area contributed by atoms with Crippen molar-refractivity contribution < 1.29 is 28.6 Å². The lowest BCUT2D eigenvalue weighted by Gasteiger charge is -2.32. The van der Waals surface area contributed by atoms with E-state index in [1.54, 1.807) is 36.4 Å². The van der Waals surface area contributed by atoms with Crippen molar-refractivity contribution in [2.24, 2.45) is 0 Å². The average Bonchev–Trinajstić information content (AvgIpc) is 1.56. The van der Waals surface area contributed by atoms with Crippen LogP contribution in [0.5, 0.6) is 17.2 Å². The molecule has 0 aliphatic carbocycles. The number of rotatable bonds is 12. The Morgan fingerprint density at radius 1 is 0.261 bits per heavy atom. The number of carbonyl (C=O) groups is 3. The third-order valence-corrected chi connectivity index (χ3v) is 18.7. The fourth-order valence-electron chi connectivity index (χ4n) is 14.0. The first-order valence-corrected chi connectivity index (χ1v) is 31.0. The maximum absolute atomic E-state index is 13.9. The van der Waals surface area contributed by atoms with Crippen LogP contribution in [0.2, 0.25) is 0 Å². The van der Waals surface area contributed by atoms with Gasteiger partial charge in [0, 0.05) is 54.8 Å². The molecule has 12 aromatic carbocycles. The number of carbonyl (C=O) groups excluding carboxylic acids is 3. The van der Waals surface area contributed by atoms with Crippen molar-refractivity contribution in [1.82, 2.24) is 13.7 Å². The number of esters is 3. The second kappa shape index (κ2) is 22.5. The summed E-state index contributed by atoms with van der Waals surface area (Å²) in [6.45, 7) is 15.0. The van der Waals surface area contributed by atoms with Gasteiger partial charge in [-0.1, -0.05) is 109 Å². The Balaban J connectivity index is 0.698. The van der Waals surface area contributed by atoms with Crippen molar-refractivity contribution in [1.29, 1.82) is 0 Å². The van der Waals surface area contributed by atoms with Crippen LogP contribution in [0, 0.1) is 41.5 Å². The minimum atomic E-state index is -0.827. The molecule has 9 nitrogen and oxygen atoms in total. The highest BCUT2D eigenvalue weighted by Crippen LogP contribution is 2.43. The van der Waals surface area contributed by atoms with Crippen LogP contribution in [0.15, 0.2) is 255 Å². The lowest BCUT2D eigenvalue weighted by Crippen LogP contribution is -2.25. The molecule has 0 amide bonds. The fourth-order valence-corrected chi connectivity index (χ4v) is 14.0. The third-order valence-electron chi connectivity index (χ3n) is 18.7. The first kappa shape index (κ1) is 56.9. The van der Waals surface area contributed by atoms with Crippen molar-refractivity contribution in [2.75, 3.05) is 0 Å². The predicted octanol–water partition coefficient (Wildman–Crippen LogP) is 19.8. The van der Waals surface area contributed by atoms with Crippen molar-refractivity contribution in [3.05, 3.63) is 322 Å². The van der Waals surface area contributed by atoms with E-state index in [4.69, 9.17) is 14.2 Å². The lowest BCUT2D eigenvalue weighted by molar-refractivity contribution is 0.0725. The molecule has 0 aliphatic rings. The second-order valence-corrected chi connectivity index (χ2v) is 24.3. The molecule has 0 fully saturated rings. The zero-order valence-corrected chi connectivity index (χ0v) is 52.0. The molecule has 3 aromatic heterocycles. The summed E-state index contributed by atoms with van der Waals surface area (Å²) < 4.78 is 24.9. The van der Waals surface area contributed by atoms with Gasteiger partial charge in [0.2, 0.25) is 0 Å². The van der Waals surface area contributed by atoms with Crippen LogP contribution in [0.4, 0.5) is 0 Å². The van der Waals surface area contributed by atoms with Gasteiger partial charge in [0.05, 0.1) is 49.8 Å². The zero-order valence-electron chi connectivity index (χ0n) is 52.0. The summed E-state index contributed by atoms with van der Waals surface area (Å²) in [7, 11) is 0. The van der Waals surface area contributed by atoms with Crippen LogP contribution in [0.3, 0.4) is 0 Å². The predicted molar refractivity (Wildman–Crippen MR) is 371 cm³/mol. The van der Waals surface area contributed by atoms with Gasteiger partial charge in [-0.15, -0.1) is 0 Å². The zero-order chi connectivity index (χ0) is 63.1. The molecule has 92 heavy (non-hydrogen) atoms. The number of ether oxygens (including phenoxy) is 3. The van der Waals surface area contributed by atoms with Crippen LogP contribution in [-0.2, 0) is 5.41 Å². The first-order chi connectivity index (χ1) is 44.7. The molecule has 0 bridgehead atoms.